The van der Waals surface area contributed by atoms with Gasteiger partial charge in [0, 0.05) is 12.1 Å². The number of aromatic nitrogens is 2. The average Bonchev–Trinajstić information content (AvgIpc) is 2.35. The standard InChI is InChI=1S/C15H18FN3/c1-5-17-15-13(16)11(4)18-14(19-15)12-7-6-9(2)8-10(12)3/h6-8H,5H2,1-4H3,(H,17,18,19). The first-order valence-corrected chi connectivity index (χ1v) is 6.38. The zero-order chi connectivity index (χ0) is 14.0. The van der Waals surface area contributed by atoms with Gasteiger partial charge in [-0.05, 0) is 33.3 Å². The first-order chi connectivity index (χ1) is 9.02. The van der Waals surface area contributed by atoms with Crippen molar-refractivity contribution in [3.05, 3.63) is 40.8 Å². The Morgan fingerprint density at radius 3 is 2.53 bits per heavy atom. The molecule has 2 aromatic rings. The monoisotopic (exact) mass is 259 g/mol. The molecule has 0 radical (unpaired) electrons. The van der Waals surface area contributed by atoms with Gasteiger partial charge in [-0.2, -0.15) is 0 Å². The van der Waals surface area contributed by atoms with Gasteiger partial charge in [0.15, 0.2) is 17.5 Å². The van der Waals surface area contributed by atoms with Gasteiger partial charge < -0.3 is 5.32 Å². The molecule has 0 aliphatic rings. The zero-order valence-corrected chi connectivity index (χ0v) is 11.7. The highest BCUT2D eigenvalue weighted by molar-refractivity contribution is 5.62. The predicted molar refractivity (Wildman–Crippen MR) is 75.8 cm³/mol. The molecule has 0 amide bonds. The second-order valence-corrected chi connectivity index (χ2v) is 4.64. The fourth-order valence-electron chi connectivity index (χ4n) is 2.03. The van der Waals surface area contributed by atoms with Crippen molar-refractivity contribution in [1.82, 2.24) is 9.97 Å². The quantitative estimate of drug-likeness (QED) is 0.914. The maximum Gasteiger partial charge on any atom is 0.186 e. The third-order valence-corrected chi connectivity index (χ3v) is 2.98. The van der Waals surface area contributed by atoms with Crippen LogP contribution in [0.15, 0.2) is 18.2 Å². The largest absolute Gasteiger partial charge is 0.368 e. The lowest BCUT2D eigenvalue weighted by atomic mass is 10.1. The van der Waals surface area contributed by atoms with E-state index in [1.54, 1.807) is 6.92 Å². The van der Waals surface area contributed by atoms with E-state index in [-0.39, 0.29) is 11.6 Å². The molecule has 1 aromatic heterocycles. The van der Waals surface area contributed by atoms with Crippen LogP contribution in [0.3, 0.4) is 0 Å². The number of nitrogens with zero attached hydrogens (tertiary/aromatic N) is 2. The molecule has 100 valence electrons. The van der Waals surface area contributed by atoms with E-state index in [1.807, 2.05) is 32.9 Å². The summed E-state index contributed by atoms with van der Waals surface area (Å²) in [5, 5.41) is 2.93. The lowest BCUT2D eigenvalue weighted by Gasteiger charge is -2.10. The van der Waals surface area contributed by atoms with Gasteiger partial charge in [-0.25, -0.2) is 14.4 Å². The Morgan fingerprint density at radius 1 is 1.16 bits per heavy atom. The van der Waals surface area contributed by atoms with Gasteiger partial charge in [-0.3, -0.25) is 0 Å². The van der Waals surface area contributed by atoms with Crippen LogP contribution in [0.5, 0.6) is 0 Å². The first-order valence-electron chi connectivity index (χ1n) is 6.38. The summed E-state index contributed by atoms with van der Waals surface area (Å²) >= 11 is 0. The Kier molecular flexibility index (Phi) is 3.79. The highest BCUT2D eigenvalue weighted by atomic mass is 19.1. The van der Waals surface area contributed by atoms with Crippen LogP contribution in [0, 0.1) is 26.6 Å². The Labute approximate surface area is 112 Å². The Morgan fingerprint density at radius 2 is 1.89 bits per heavy atom. The van der Waals surface area contributed by atoms with Crippen LogP contribution in [-0.4, -0.2) is 16.5 Å². The van der Waals surface area contributed by atoms with E-state index < -0.39 is 0 Å². The first kappa shape index (κ1) is 13.5. The van der Waals surface area contributed by atoms with Gasteiger partial charge >= 0.3 is 0 Å². The van der Waals surface area contributed by atoms with Crippen LogP contribution in [0.1, 0.15) is 23.7 Å². The van der Waals surface area contributed by atoms with Gasteiger partial charge in [0.25, 0.3) is 0 Å². The molecular weight excluding hydrogens is 241 g/mol. The molecule has 0 aliphatic heterocycles. The Bertz CT molecular complexity index is 609. The molecule has 0 saturated heterocycles. The lowest BCUT2D eigenvalue weighted by molar-refractivity contribution is 0.606. The van der Waals surface area contributed by atoms with E-state index in [9.17, 15) is 4.39 Å². The third-order valence-electron chi connectivity index (χ3n) is 2.98. The molecule has 19 heavy (non-hydrogen) atoms. The van der Waals surface area contributed by atoms with Crippen molar-refractivity contribution in [2.45, 2.75) is 27.7 Å². The minimum Gasteiger partial charge on any atom is -0.368 e. The van der Waals surface area contributed by atoms with Crippen molar-refractivity contribution in [3.8, 4) is 11.4 Å². The minimum atomic E-state index is -0.379. The third kappa shape index (κ3) is 2.72. The van der Waals surface area contributed by atoms with Gasteiger partial charge in [-0.15, -0.1) is 0 Å². The molecule has 0 bridgehead atoms. The highest BCUT2D eigenvalue weighted by Crippen LogP contribution is 2.24. The summed E-state index contributed by atoms with van der Waals surface area (Å²) in [7, 11) is 0. The summed E-state index contributed by atoms with van der Waals surface area (Å²) in [6.45, 7) is 8.24. The molecule has 0 spiro atoms. The average molecular weight is 259 g/mol. The van der Waals surface area contributed by atoms with E-state index in [1.165, 1.54) is 5.56 Å². The summed E-state index contributed by atoms with van der Waals surface area (Å²) in [5.74, 6) is 0.452. The number of halogens is 1. The second-order valence-electron chi connectivity index (χ2n) is 4.64. The number of nitrogens with one attached hydrogen (secondary N) is 1. The van der Waals surface area contributed by atoms with Crippen LogP contribution in [0.4, 0.5) is 10.2 Å². The molecule has 1 N–H and O–H groups in total. The summed E-state index contributed by atoms with van der Waals surface area (Å²) in [6, 6.07) is 6.06. The molecule has 2 rings (SSSR count). The van der Waals surface area contributed by atoms with Crippen molar-refractivity contribution in [2.75, 3.05) is 11.9 Å². The second kappa shape index (κ2) is 5.34. The maximum atomic E-state index is 13.9. The molecule has 0 saturated carbocycles. The maximum absolute atomic E-state index is 13.9. The topological polar surface area (TPSA) is 37.8 Å². The smallest absolute Gasteiger partial charge is 0.186 e. The molecule has 0 fully saturated rings. The number of aryl methyl sites for hydroxylation is 3. The minimum absolute atomic E-state index is 0.268. The van der Waals surface area contributed by atoms with Crippen LogP contribution in [0.25, 0.3) is 11.4 Å². The molecule has 0 unspecified atom stereocenters. The fraction of sp³-hybridized carbons (Fsp3) is 0.333. The van der Waals surface area contributed by atoms with Gasteiger partial charge in [0.1, 0.15) is 0 Å². The normalized spacial score (nSPS) is 10.6. The summed E-state index contributed by atoms with van der Waals surface area (Å²) < 4.78 is 13.9. The predicted octanol–water partition coefficient (Wildman–Crippen LogP) is 3.64. The van der Waals surface area contributed by atoms with Crippen molar-refractivity contribution >= 4 is 5.82 Å². The Balaban J connectivity index is 2.56. The number of hydrogen-bond acceptors (Lipinski definition) is 3. The summed E-state index contributed by atoms with van der Waals surface area (Å²) in [6.07, 6.45) is 0. The molecule has 4 heteroatoms. The van der Waals surface area contributed by atoms with Gasteiger partial charge in [-0.1, -0.05) is 23.8 Å². The summed E-state index contributed by atoms with van der Waals surface area (Å²) in [5.41, 5.74) is 3.58. The van der Waals surface area contributed by atoms with E-state index in [2.05, 4.69) is 21.4 Å². The molecule has 0 aliphatic carbocycles. The number of benzene rings is 1. The van der Waals surface area contributed by atoms with Crippen LogP contribution in [0.2, 0.25) is 0 Å². The van der Waals surface area contributed by atoms with Crippen LogP contribution < -0.4 is 5.32 Å². The highest BCUT2D eigenvalue weighted by Gasteiger charge is 2.13. The molecule has 1 heterocycles. The lowest BCUT2D eigenvalue weighted by Crippen LogP contribution is -2.07. The van der Waals surface area contributed by atoms with Gasteiger partial charge in [0.05, 0.1) is 5.69 Å². The van der Waals surface area contributed by atoms with Crippen LogP contribution >= 0.6 is 0 Å². The van der Waals surface area contributed by atoms with E-state index in [0.29, 0.717) is 18.1 Å². The zero-order valence-electron chi connectivity index (χ0n) is 11.7. The van der Waals surface area contributed by atoms with E-state index in [4.69, 9.17) is 0 Å². The van der Waals surface area contributed by atoms with Crippen molar-refractivity contribution < 1.29 is 4.39 Å². The molecule has 1 aromatic carbocycles. The van der Waals surface area contributed by atoms with Crippen LogP contribution in [-0.2, 0) is 0 Å². The fourth-order valence-corrected chi connectivity index (χ4v) is 2.03. The number of anilines is 1. The molecular formula is C15H18FN3. The molecule has 0 atom stereocenters. The van der Waals surface area contributed by atoms with Crippen molar-refractivity contribution in [3.63, 3.8) is 0 Å². The van der Waals surface area contributed by atoms with Crippen molar-refractivity contribution in [1.29, 1.82) is 0 Å². The molecule has 3 nitrogen and oxygen atoms in total. The summed E-state index contributed by atoms with van der Waals surface area (Å²) in [4.78, 5) is 8.54. The number of rotatable bonds is 3. The van der Waals surface area contributed by atoms with E-state index >= 15 is 0 Å². The SMILES string of the molecule is CCNc1nc(-c2ccc(C)cc2C)nc(C)c1F. The Hall–Kier alpha value is -1.97. The van der Waals surface area contributed by atoms with E-state index in [0.717, 1.165) is 11.1 Å². The van der Waals surface area contributed by atoms with Crippen molar-refractivity contribution in [2.24, 2.45) is 0 Å². The van der Waals surface area contributed by atoms with Gasteiger partial charge in [0.2, 0.25) is 0 Å². The number of hydrogen-bond donors (Lipinski definition) is 1.